The first-order chi connectivity index (χ1) is 25.2. The zero-order valence-electron chi connectivity index (χ0n) is 33.1. The van der Waals surface area contributed by atoms with Gasteiger partial charge in [0.15, 0.2) is 0 Å². The monoisotopic (exact) mass is 685 g/mol. The van der Waals surface area contributed by atoms with Crippen LogP contribution in [-0.2, 0) is 6.42 Å². The van der Waals surface area contributed by atoms with Crippen LogP contribution < -0.4 is 0 Å². The molecule has 0 saturated carbocycles. The predicted octanol–water partition coefficient (Wildman–Crippen LogP) is 14.8. The third-order valence-electron chi connectivity index (χ3n) is 8.93. The molecule has 268 valence electrons. The zero-order valence-corrected chi connectivity index (χ0v) is 33.1. The van der Waals surface area contributed by atoms with Gasteiger partial charge in [0, 0.05) is 16.8 Å². The maximum absolute atomic E-state index is 3.67. The second kappa shape index (κ2) is 21.7. The van der Waals surface area contributed by atoms with Gasteiger partial charge in [0.2, 0.25) is 0 Å². The van der Waals surface area contributed by atoms with E-state index < -0.39 is 0 Å². The summed E-state index contributed by atoms with van der Waals surface area (Å²) in [5, 5.41) is 1.40. The van der Waals surface area contributed by atoms with Crippen LogP contribution in [-0.4, -0.2) is 4.57 Å². The molecule has 1 aliphatic carbocycles. The van der Waals surface area contributed by atoms with Crippen molar-refractivity contribution in [3.8, 4) is 5.69 Å². The molecule has 1 heterocycles. The Morgan fingerprint density at radius 1 is 0.615 bits per heavy atom. The Bertz CT molecular complexity index is 2030. The number of rotatable bonds is 4. The van der Waals surface area contributed by atoms with Crippen LogP contribution in [0.15, 0.2) is 164 Å². The largest absolute Gasteiger partial charge is 0.310 e. The minimum absolute atomic E-state index is 1.14. The van der Waals surface area contributed by atoms with Gasteiger partial charge < -0.3 is 4.57 Å². The number of nitrogens with zero attached hydrogens (tertiary/aromatic N) is 1. The van der Waals surface area contributed by atoms with Gasteiger partial charge in [0.25, 0.3) is 0 Å². The molecule has 5 aromatic carbocycles. The van der Waals surface area contributed by atoms with E-state index in [0.717, 1.165) is 12.8 Å². The Labute approximate surface area is 315 Å². The number of hydrogen-bond donors (Lipinski definition) is 0. The highest BCUT2D eigenvalue weighted by atomic mass is 15.0. The molecule has 0 amide bonds. The maximum atomic E-state index is 3.67. The highest BCUT2D eigenvalue weighted by Crippen LogP contribution is 2.33. The van der Waals surface area contributed by atoms with Crippen molar-refractivity contribution in [2.45, 2.75) is 75.2 Å². The molecule has 7 rings (SSSR count). The van der Waals surface area contributed by atoms with Crippen LogP contribution in [0.25, 0.3) is 28.2 Å². The Balaban J connectivity index is 0.000000200. The molecule has 0 radical (unpaired) electrons. The van der Waals surface area contributed by atoms with Gasteiger partial charge in [0.05, 0.1) is 5.52 Å². The zero-order chi connectivity index (χ0) is 37.9. The number of aromatic nitrogens is 1. The van der Waals surface area contributed by atoms with Crippen molar-refractivity contribution in [2.75, 3.05) is 0 Å². The Morgan fingerprint density at radius 2 is 1.13 bits per heavy atom. The van der Waals surface area contributed by atoms with Crippen LogP contribution in [0, 0.1) is 34.6 Å². The summed E-state index contributed by atoms with van der Waals surface area (Å²) in [5.41, 5.74) is 15.9. The average Bonchev–Trinajstić information content (AvgIpc) is 3.51. The molecule has 0 fully saturated rings. The summed E-state index contributed by atoms with van der Waals surface area (Å²) in [6, 6.07) is 44.7. The topological polar surface area (TPSA) is 4.93 Å². The average molecular weight is 686 g/mol. The number of aryl methyl sites for hydroxylation is 6. The van der Waals surface area contributed by atoms with E-state index in [0.29, 0.717) is 0 Å². The first kappa shape index (κ1) is 41.0. The van der Waals surface area contributed by atoms with E-state index in [1.165, 1.54) is 72.4 Å². The van der Waals surface area contributed by atoms with E-state index in [4.69, 9.17) is 0 Å². The van der Waals surface area contributed by atoms with Gasteiger partial charge in [-0.2, -0.15) is 0 Å². The summed E-state index contributed by atoms with van der Waals surface area (Å²) in [5.74, 6) is 0. The van der Waals surface area contributed by atoms with Crippen LogP contribution in [0.1, 0.15) is 78.8 Å². The second-order valence-electron chi connectivity index (χ2n) is 13.0. The van der Waals surface area contributed by atoms with Crippen LogP contribution in [0.3, 0.4) is 0 Å². The number of fused-ring (bicyclic) bond motifs is 3. The minimum atomic E-state index is 1.14. The first-order valence-electron chi connectivity index (χ1n) is 18.6. The third kappa shape index (κ3) is 12.1. The SMILES string of the molecule is C=C/C=C\C(C)=C(/C)c1ccccc1C.CC.Cc1ccc(-n2c3c(c4ccccc42)CCC=C3)cc1.Cc1ccc(C)cc1.Cc1ccccc1. The van der Waals surface area contributed by atoms with Crippen molar-refractivity contribution in [2.24, 2.45) is 0 Å². The highest BCUT2D eigenvalue weighted by Gasteiger charge is 2.17. The lowest BCUT2D eigenvalue weighted by Gasteiger charge is -2.12. The van der Waals surface area contributed by atoms with Crippen molar-refractivity contribution in [3.63, 3.8) is 0 Å². The first-order valence-corrected chi connectivity index (χ1v) is 18.6. The normalized spacial score (nSPS) is 11.6. The number of para-hydroxylation sites is 1. The fourth-order valence-corrected chi connectivity index (χ4v) is 5.87. The summed E-state index contributed by atoms with van der Waals surface area (Å²) in [6.07, 6.45) is 12.7. The van der Waals surface area contributed by atoms with E-state index in [9.17, 15) is 0 Å². The lowest BCUT2D eigenvalue weighted by molar-refractivity contribution is 0.967. The standard InChI is InChI=1S/C19H17N.C15H18.C8H10.C7H8.C2H6/c1-14-10-12-15(13-11-14)20-18-8-4-2-6-16(18)17-7-3-5-9-19(17)20;1-5-6-9-12(2)14(4)15-11-8-7-10-13(15)3;1-7-3-5-8(2)6-4-7;1-7-5-3-2-4-6-7;1-2/h2,4-6,8-13H,3,7H2,1H3;5-11H,1H2,2-4H3;3-6H,1-2H3;2-6H,1H3;1-2H3/b;9-6-,14-12+;;;. The molecular formula is C51H59N. The van der Waals surface area contributed by atoms with Crippen molar-refractivity contribution in [1.82, 2.24) is 4.57 Å². The number of benzene rings is 5. The molecule has 1 heteroatoms. The molecule has 0 bridgehead atoms. The van der Waals surface area contributed by atoms with Crippen LogP contribution in [0.2, 0.25) is 0 Å². The molecule has 6 aromatic rings. The van der Waals surface area contributed by atoms with Crippen LogP contribution >= 0.6 is 0 Å². The third-order valence-corrected chi connectivity index (χ3v) is 8.93. The van der Waals surface area contributed by atoms with Gasteiger partial charge in [0.1, 0.15) is 0 Å². The lowest BCUT2D eigenvalue weighted by Crippen LogP contribution is -2.00. The molecule has 0 saturated heterocycles. The van der Waals surface area contributed by atoms with Gasteiger partial charge >= 0.3 is 0 Å². The Hall–Kier alpha value is -5.40. The van der Waals surface area contributed by atoms with E-state index in [-0.39, 0.29) is 0 Å². The Kier molecular flexibility index (Phi) is 17.1. The smallest absolute Gasteiger partial charge is 0.0537 e. The van der Waals surface area contributed by atoms with E-state index in [1.54, 1.807) is 6.08 Å². The summed E-state index contributed by atoms with van der Waals surface area (Å²) in [4.78, 5) is 0. The highest BCUT2D eigenvalue weighted by molar-refractivity contribution is 5.90. The molecule has 0 unspecified atom stereocenters. The minimum Gasteiger partial charge on any atom is -0.310 e. The van der Waals surface area contributed by atoms with Crippen molar-refractivity contribution in [3.05, 3.63) is 208 Å². The van der Waals surface area contributed by atoms with Gasteiger partial charge in [-0.25, -0.2) is 0 Å². The van der Waals surface area contributed by atoms with Gasteiger partial charge in [-0.3, -0.25) is 0 Å². The molecule has 1 aromatic heterocycles. The summed E-state index contributed by atoms with van der Waals surface area (Å²) in [7, 11) is 0. The van der Waals surface area contributed by atoms with Gasteiger partial charge in [-0.05, 0) is 113 Å². The van der Waals surface area contributed by atoms with Gasteiger partial charge in [-0.15, -0.1) is 0 Å². The van der Waals surface area contributed by atoms with Crippen LogP contribution in [0.4, 0.5) is 0 Å². The molecule has 0 atom stereocenters. The van der Waals surface area contributed by atoms with Gasteiger partial charge in [-0.1, -0.05) is 176 Å². The number of hydrogen-bond acceptors (Lipinski definition) is 0. The van der Waals surface area contributed by atoms with Crippen molar-refractivity contribution >= 4 is 22.6 Å². The van der Waals surface area contributed by atoms with Crippen LogP contribution in [0.5, 0.6) is 0 Å². The molecule has 0 spiro atoms. The molecule has 1 nitrogen and oxygen atoms in total. The van der Waals surface area contributed by atoms with E-state index in [1.807, 2.05) is 38.1 Å². The summed E-state index contributed by atoms with van der Waals surface area (Å²) in [6.45, 7) is 22.5. The summed E-state index contributed by atoms with van der Waals surface area (Å²) >= 11 is 0. The molecule has 1 aliphatic rings. The molecule has 52 heavy (non-hydrogen) atoms. The quantitative estimate of drug-likeness (QED) is 0.163. The lowest BCUT2D eigenvalue weighted by atomic mass is 9.98. The second-order valence-corrected chi connectivity index (χ2v) is 13.0. The molecule has 0 N–H and O–H groups in total. The number of allylic oxidation sites excluding steroid dienone is 6. The molecular weight excluding hydrogens is 627 g/mol. The predicted molar refractivity (Wildman–Crippen MR) is 233 cm³/mol. The molecule has 0 aliphatic heterocycles. The fourth-order valence-electron chi connectivity index (χ4n) is 5.87. The van der Waals surface area contributed by atoms with E-state index in [2.05, 4.69) is 187 Å². The van der Waals surface area contributed by atoms with E-state index >= 15 is 0 Å². The maximum Gasteiger partial charge on any atom is 0.0537 e. The van der Waals surface area contributed by atoms with Crippen molar-refractivity contribution in [1.29, 1.82) is 0 Å². The Morgan fingerprint density at radius 3 is 1.69 bits per heavy atom. The van der Waals surface area contributed by atoms with Crippen molar-refractivity contribution < 1.29 is 0 Å². The summed E-state index contributed by atoms with van der Waals surface area (Å²) < 4.78 is 2.39. The fraction of sp³-hybridized carbons (Fsp3) is 0.216.